The third kappa shape index (κ3) is 5.18. The Labute approximate surface area is 208 Å². The zero-order valence-electron chi connectivity index (χ0n) is 18.7. The van der Waals surface area contributed by atoms with E-state index in [9.17, 15) is 31.4 Å². The molecule has 14 heteroatoms. The van der Waals surface area contributed by atoms with Gasteiger partial charge in [-0.3, -0.25) is 4.98 Å². The molecule has 0 aliphatic rings. The van der Waals surface area contributed by atoms with Gasteiger partial charge in [0.25, 0.3) is 0 Å². The summed E-state index contributed by atoms with van der Waals surface area (Å²) in [6.07, 6.45) is -3.01. The second-order valence-electron chi connectivity index (χ2n) is 7.94. The van der Waals surface area contributed by atoms with Crippen LogP contribution < -0.4 is 0 Å². The van der Waals surface area contributed by atoms with E-state index in [-0.39, 0.29) is 17.2 Å². The number of hydrogen-bond donors (Lipinski definition) is 1. The van der Waals surface area contributed by atoms with E-state index in [4.69, 9.17) is 0 Å². The number of aliphatic hydroxyl groups is 1. The van der Waals surface area contributed by atoms with Gasteiger partial charge in [-0.25, -0.2) is 17.9 Å². The van der Waals surface area contributed by atoms with Gasteiger partial charge in [-0.1, -0.05) is 11.8 Å². The molecule has 196 valence electrons. The highest BCUT2D eigenvalue weighted by molar-refractivity contribution is 5.44. The minimum atomic E-state index is -4.75. The number of nitrogens with zero attached hydrogens (tertiary/aromatic N) is 5. The van der Waals surface area contributed by atoms with Gasteiger partial charge in [0, 0.05) is 23.4 Å². The van der Waals surface area contributed by atoms with Crippen molar-refractivity contribution >= 4 is 0 Å². The van der Waals surface area contributed by atoms with Crippen LogP contribution in [0.15, 0.2) is 61.1 Å². The van der Waals surface area contributed by atoms with Gasteiger partial charge in [0.1, 0.15) is 29.5 Å². The molecular formula is C24H13F8N5O. The molecule has 38 heavy (non-hydrogen) atoms. The van der Waals surface area contributed by atoms with Crippen molar-refractivity contribution in [2.24, 2.45) is 0 Å². The van der Waals surface area contributed by atoms with Gasteiger partial charge in [-0.2, -0.15) is 22.0 Å². The third-order valence-corrected chi connectivity index (χ3v) is 5.40. The molecule has 0 aliphatic carbocycles. The lowest BCUT2D eigenvalue weighted by molar-refractivity contribution is -0.207. The Kier molecular flexibility index (Phi) is 6.90. The summed E-state index contributed by atoms with van der Waals surface area (Å²) in [4.78, 5) is 3.59. The topological polar surface area (TPSA) is 76.7 Å². The van der Waals surface area contributed by atoms with Crippen LogP contribution in [0.5, 0.6) is 0 Å². The number of hydrogen-bond acceptors (Lipinski definition) is 5. The van der Waals surface area contributed by atoms with Crippen LogP contribution in [0.1, 0.15) is 27.9 Å². The molecule has 0 aliphatic heterocycles. The maximum absolute atomic E-state index is 15.7. The first-order valence-electron chi connectivity index (χ1n) is 10.4. The molecule has 0 fully saturated rings. The van der Waals surface area contributed by atoms with Gasteiger partial charge in [-0.15, -0.1) is 5.10 Å². The first-order valence-corrected chi connectivity index (χ1v) is 10.4. The lowest BCUT2D eigenvalue weighted by atomic mass is 9.84. The van der Waals surface area contributed by atoms with Gasteiger partial charge in [0.15, 0.2) is 5.60 Å². The summed E-state index contributed by atoms with van der Waals surface area (Å²) >= 11 is 0. The number of aromatic nitrogens is 5. The Bertz CT molecular complexity index is 1510. The van der Waals surface area contributed by atoms with Gasteiger partial charge >= 0.3 is 12.1 Å². The Morgan fingerprint density at radius 2 is 1.63 bits per heavy atom. The molecule has 1 N–H and O–H groups in total. The van der Waals surface area contributed by atoms with E-state index >= 15 is 8.78 Å². The lowest BCUT2D eigenvalue weighted by Gasteiger charge is -2.35. The Morgan fingerprint density at radius 1 is 0.868 bits per heavy atom. The Morgan fingerprint density at radius 3 is 2.21 bits per heavy atom. The summed E-state index contributed by atoms with van der Waals surface area (Å²) in [6.45, 7) is -1.05. The molecular weight excluding hydrogens is 526 g/mol. The quantitative estimate of drug-likeness (QED) is 0.297. The molecule has 1 unspecified atom stereocenters. The number of pyridine rings is 1. The minimum Gasteiger partial charge on any atom is -0.377 e. The molecule has 4 rings (SSSR count). The predicted octanol–water partition coefficient (Wildman–Crippen LogP) is 4.58. The SMILES string of the molecule is OC(Cn1cnnn1)(c1ccc(F)cc1F)C(F)(F)c1ccc(C#Cc2ccc(C(F)(F)F)cc2F)cn1. The van der Waals surface area contributed by atoms with E-state index in [1.54, 1.807) is 0 Å². The van der Waals surface area contributed by atoms with Crippen LogP contribution in [0.3, 0.4) is 0 Å². The van der Waals surface area contributed by atoms with Crippen LogP contribution in [0.2, 0.25) is 0 Å². The molecule has 0 spiro atoms. The second kappa shape index (κ2) is 9.82. The maximum atomic E-state index is 15.7. The van der Waals surface area contributed by atoms with Crippen molar-refractivity contribution in [3.63, 3.8) is 0 Å². The van der Waals surface area contributed by atoms with Gasteiger partial charge in [0.2, 0.25) is 0 Å². The van der Waals surface area contributed by atoms with Gasteiger partial charge < -0.3 is 5.11 Å². The smallest absolute Gasteiger partial charge is 0.377 e. The molecule has 2 heterocycles. The van der Waals surface area contributed by atoms with Crippen LogP contribution in [0, 0.1) is 29.3 Å². The van der Waals surface area contributed by atoms with Gasteiger partial charge in [-0.05, 0) is 52.9 Å². The zero-order chi connectivity index (χ0) is 27.7. The van der Waals surface area contributed by atoms with E-state index in [0.717, 1.165) is 35.4 Å². The average molecular weight is 539 g/mol. The van der Waals surface area contributed by atoms with Gasteiger partial charge in [0.05, 0.1) is 17.7 Å². The van der Waals surface area contributed by atoms with E-state index in [1.807, 2.05) is 0 Å². The fourth-order valence-corrected chi connectivity index (χ4v) is 3.46. The number of rotatable bonds is 5. The number of benzene rings is 2. The largest absolute Gasteiger partial charge is 0.416 e. The molecule has 0 bridgehead atoms. The highest BCUT2D eigenvalue weighted by Gasteiger charge is 2.58. The molecule has 4 aromatic rings. The Hall–Kier alpha value is -4.38. The summed E-state index contributed by atoms with van der Waals surface area (Å²) in [6, 6.07) is 5.18. The molecule has 0 saturated heterocycles. The van der Waals surface area contributed by atoms with E-state index < -0.39 is 58.5 Å². The molecule has 1 atom stereocenters. The lowest BCUT2D eigenvalue weighted by Crippen LogP contribution is -2.48. The molecule has 2 aromatic carbocycles. The van der Waals surface area contributed by atoms with Crippen molar-refractivity contribution in [3.05, 3.63) is 106 Å². The Balaban J connectivity index is 1.67. The van der Waals surface area contributed by atoms with Crippen LogP contribution >= 0.6 is 0 Å². The molecule has 0 saturated carbocycles. The van der Waals surface area contributed by atoms with Crippen molar-refractivity contribution in [2.75, 3.05) is 0 Å². The number of halogens is 8. The van der Waals surface area contributed by atoms with E-state index in [2.05, 4.69) is 32.4 Å². The number of alkyl halides is 5. The molecule has 6 nitrogen and oxygen atoms in total. The van der Waals surface area contributed by atoms with Crippen LogP contribution in [0.25, 0.3) is 0 Å². The van der Waals surface area contributed by atoms with E-state index in [1.165, 1.54) is 0 Å². The average Bonchev–Trinajstić information content (AvgIpc) is 3.35. The molecule has 0 amide bonds. The zero-order valence-corrected chi connectivity index (χ0v) is 18.7. The van der Waals surface area contributed by atoms with Crippen molar-refractivity contribution in [1.82, 2.24) is 25.2 Å². The molecule has 0 radical (unpaired) electrons. The fraction of sp³-hybridized carbons (Fsp3) is 0.167. The normalized spacial score (nSPS) is 13.5. The van der Waals surface area contributed by atoms with Crippen molar-refractivity contribution in [1.29, 1.82) is 0 Å². The highest BCUT2D eigenvalue weighted by atomic mass is 19.4. The van der Waals surface area contributed by atoms with Crippen LogP contribution in [-0.4, -0.2) is 30.3 Å². The standard InChI is InChI=1S/C24H13F8N5O/c25-17-6-7-18(20(27)10-17)22(38,12-37-13-34-35-36-37)23(28,29)21-8-2-14(11-33-21)1-3-15-4-5-16(9-19(15)26)24(30,31)32/h2,4-11,13,38H,12H2. The van der Waals surface area contributed by atoms with Crippen molar-refractivity contribution in [3.8, 4) is 11.8 Å². The summed E-state index contributed by atoms with van der Waals surface area (Å²) in [7, 11) is 0. The fourth-order valence-electron chi connectivity index (χ4n) is 3.46. The first-order chi connectivity index (χ1) is 17.8. The number of tetrazole rings is 1. The predicted molar refractivity (Wildman–Crippen MR) is 114 cm³/mol. The van der Waals surface area contributed by atoms with Crippen molar-refractivity contribution < 1.29 is 40.2 Å². The summed E-state index contributed by atoms with van der Waals surface area (Å²) < 4.78 is 112. The molecule has 2 aromatic heterocycles. The minimum absolute atomic E-state index is 0.0270. The first kappa shape index (κ1) is 26.7. The summed E-state index contributed by atoms with van der Waals surface area (Å²) in [5.41, 5.74) is -6.95. The van der Waals surface area contributed by atoms with Crippen LogP contribution in [0.4, 0.5) is 35.1 Å². The highest BCUT2D eigenvalue weighted by Crippen LogP contribution is 2.46. The van der Waals surface area contributed by atoms with E-state index in [0.29, 0.717) is 24.3 Å². The third-order valence-electron chi connectivity index (χ3n) is 5.40. The van der Waals surface area contributed by atoms with Crippen molar-refractivity contribution in [2.45, 2.75) is 24.2 Å². The summed E-state index contributed by atoms with van der Waals surface area (Å²) in [5, 5.41) is 21.1. The maximum Gasteiger partial charge on any atom is 0.416 e. The summed E-state index contributed by atoms with van der Waals surface area (Å²) in [5.74, 6) is -3.39. The second-order valence-corrected chi connectivity index (χ2v) is 7.94. The van der Waals surface area contributed by atoms with Crippen LogP contribution in [-0.2, 0) is 24.2 Å². The monoisotopic (exact) mass is 539 g/mol.